The number of benzene rings is 2. The van der Waals surface area contributed by atoms with E-state index in [1.165, 1.54) is 7.11 Å². The third kappa shape index (κ3) is 6.02. The molecule has 0 saturated heterocycles. The van der Waals surface area contributed by atoms with Crippen LogP contribution in [0.4, 0.5) is 5.69 Å². The molecular formula is C21H25NO5. The zero-order valence-corrected chi connectivity index (χ0v) is 16.1. The molecule has 6 nitrogen and oxygen atoms in total. The van der Waals surface area contributed by atoms with Gasteiger partial charge in [-0.05, 0) is 42.2 Å². The molecular weight excluding hydrogens is 346 g/mol. The first kappa shape index (κ1) is 20.3. The molecule has 0 aromatic heterocycles. The molecule has 2 aromatic rings. The molecule has 1 N–H and O–H groups in total. The Morgan fingerprint density at radius 1 is 1.04 bits per heavy atom. The highest BCUT2D eigenvalue weighted by atomic mass is 16.6. The number of carbonyl (C=O) groups is 2. The molecule has 2 rings (SSSR count). The number of nitrogens with one attached hydrogen (secondary N) is 1. The van der Waals surface area contributed by atoms with Crippen molar-refractivity contribution >= 4 is 17.6 Å². The number of methoxy groups -OCH3 is 1. The predicted molar refractivity (Wildman–Crippen MR) is 103 cm³/mol. The van der Waals surface area contributed by atoms with Crippen molar-refractivity contribution in [3.05, 3.63) is 53.6 Å². The van der Waals surface area contributed by atoms with E-state index in [9.17, 15) is 9.59 Å². The Hall–Kier alpha value is -3.02. The third-order valence-electron chi connectivity index (χ3n) is 3.88. The summed E-state index contributed by atoms with van der Waals surface area (Å²) in [6.07, 6.45) is 0. The minimum absolute atomic E-state index is 0.259. The molecule has 2 aromatic carbocycles. The summed E-state index contributed by atoms with van der Waals surface area (Å²) in [5.74, 6) is 0.384. The Balaban J connectivity index is 1.84. The molecule has 0 aliphatic carbocycles. The van der Waals surface area contributed by atoms with E-state index in [2.05, 4.69) is 5.32 Å². The van der Waals surface area contributed by atoms with Crippen LogP contribution in [-0.2, 0) is 14.3 Å². The van der Waals surface area contributed by atoms with Crippen LogP contribution < -0.4 is 14.8 Å². The van der Waals surface area contributed by atoms with Crippen LogP contribution in [0.1, 0.15) is 30.9 Å². The molecule has 0 aliphatic rings. The molecule has 0 heterocycles. The molecule has 27 heavy (non-hydrogen) atoms. The normalized spacial score (nSPS) is 10.4. The number of esters is 1. The van der Waals surface area contributed by atoms with Crippen molar-refractivity contribution in [2.45, 2.75) is 26.7 Å². The highest BCUT2D eigenvalue weighted by Gasteiger charge is 2.13. The van der Waals surface area contributed by atoms with Crippen molar-refractivity contribution in [3.63, 3.8) is 0 Å². The molecule has 0 bridgehead atoms. The van der Waals surface area contributed by atoms with E-state index < -0.39 is 18.5 Å². The summed E-state index contributed by atoms with van der Waals surface area (Å²) < 4.78 is 15.7. The molecule has 0 atom stereocenters. The van der Waals surface area contributed by atoms with Crippen molar-refractivity contribution in [1.29, 1.82) is 0 Å². The lowest BCUT2D eigenvalue weighted by Crippen LogP contribution is -2.24. The summed E-state index contributed by atoms with van der Waals surface area (Å²) in [6.45, 7) is 5.34. The van der Waals surface area contributed by atoms with Crippen molar-refractivity contribution in [2.24, 2.45) is 0 Å². The Bertz CT molecular complexity index is 801. The van der Waals surface area contributed by atoms with E-state index in [1.54, 1.807) is 18.2 Å². The number of aryl methyl sites for hydroxylation is 1. The number of anilines is 1. The van der Waals surface area contributed by atoms with Gasteiger partial charge in [0.05, 0.1) is 12.8 Å². The first-order valence-corrected chi connectivity index (χ1v) is 8.72. The predicted octanol–water partition coefficient (Wildman–Crippen LogP) is 3.69. The molecule has 144 valence electrons. The topological polar surface area (TPSA) is 73.9 Å². The highest BCUT2D eigenvalue weighted by Crippen LogP contribution is 2.26. The van der Waals surface area contributed by atoms with E-state index in [-0.39, 0.29) is 12.5 Å². The van der Waals surface area contributed by atoms with Crippen LogP contribution in [0.25, 0.3) is 0 Å². The largest absolute Gasteiger partial charge is 0.495 e. The number of para-hydroxylation sites is 1. The van der Waals surface area contributed by atoms with E-state index in [4.69, 9.17) is 14.2 Å². The van der Waals surface area contributed by atoms with E-state index in [0.717, 1.165) is 11.1 Å². The molecule has 0 spiro atoms. The first-order chi connectivity index (χ1) is 12.9. The summed E-state index contributed by atoms with van der Waals surface area (Å²) in [5.41, 5.74) is 2.51. The average molecular weight is 371 g/mol. The fraction of sp³-hybridized carbons (Fsp3) is 0.333. The van der Waals surface area contributed by atoms with Gasteiger partial charge in [-0.15, -0.1) is 0 Å². The van der Waals surface area contributed by atoms with Crippen LogP contribution in [0.3, 0.4) is 0 Å². The van der Waals surface area contributed by atoms with Crippen molar-refractivity contribution < 1.29 is 23.8 Å². The standard InChI is InChI=1S/C21H25NO5/c1-14(2)16-7-5-6-8-18(16)26-13-21(24)27-12-20(23)22-17-11-15(3)9-10-19(17)25-4/h5-11,14H,12-13H2,1-4H3,(H,22,23). The fourth-order valence-corrected chi connectivity index (χ4v) is 2.52. The zero-order valence-electron chi connectivity index (χ0n) is 16.1. The Morgan fingerprint density at radius 2 is 1.78 bits per heavy atom. The van der Waals surface area contributed by atoms with Gasteiger partial charge in [0.15, 0.2) is 13.2 Å². The van der Waals surface area contributed by atoms with Crippen LogP contribution in [0, 0.1) is 6.92 Å². The van der Waals surface area contributed by atoms with E-state index in [1.807, 2.05) is 45.0 Å². The van der Waals surface area contributed by atoms with Gasteiger partial charge in [0.25, 0.3) is 5.91 Å². The Kier molecular flexibility index (Phi) is 7.23. The second-order valence-corrected chi connectivity index (χ2v) is 6.39. The van der Waals surface area contributed by atoms with Gasteiger partial charge in [0, 0.05) is 0 Å². The zero-order chi connectivity index (χ0) is 19.8. The lowest BCUT2D eigenvalue weighted by molar-refractivity contribution is -0.149. The second-order valence-electron chi connectivity index (χ2n) is 6.39. The van der Waals surface area contributed by atoms with Gasteiger partial charge in [0.2, 0.25) is 0 Å². The van der Waals surface area contributed by atoms with Crippen LogP contribution in [0.15, 0.2) is 42.5 Å². The number of carbonyl (C=O) groups excluding carboxylic acids is 2. The van der Waals surface area contributed by atoms with Crippen molar-refractivity contribution in [2.75, 3.05) is 25.6 Å². The Labute approximate surface area is 159 Å². The maximum atomic E-state index is 12.0. The minimum atomic E-state index is -0.611. The summed E-state index contributed by atoms with van der Waals surface area (Å²) in [7, 11) is 1.52. The van der Waals surface area contributed by atoms with Crippen molar-refractivity contribution in [3.8, 4) is 11.5 Å². The lowest BCUT2D eigenvalue weighted by Gasteiger charge is -2.14. The maximum absolute atomic E-state index is 12.0. The molecule has 1 amide bonds. The molecule has 0 fully saturated rings. The van der Waals surface area contributed by atoms with Gasteiger partial charge in [-0.25, -0.2) is 4.79 Å². The number of hydrogen-bond acceptors (Lipinski definition) is 5. The van der Waals surface area contributed by atoms with E-state index >= 15 is 0 Å². The molecule has 0 radical (unpaired) electrons. The van der Waals surface area contributed by atoms with Gasteiger partial charge in [-0.2, -0.15) is 0 Å². The smallest absolute Gasteiger partial charge is 0.344 e. The van der Waals surface area contributed by atoms with E-state index in [0.29, 0.717) is 17.2 Å². The van der Waals surface area contributed by atoms with Gasteiger partial charge >= 0.3 is 5.97 Å². The fourth-order valence-electron chi connectivity index (χ4n) is 2.52. The summed E-state index contributed by atoms with van der Waals surface area (Å²) >= 11 is 0. The number of hydrogen-bond donors (Lipinski definition) is 1. The highest BCUT2D eigenvalue weighted by molar-refractivity contribution is 5.94. The van der Waals surface area contributed by atoms with Gasteiger partial charge in [-0.3, -0.25) is 4.79 Å². The van der Waals surface area contributed by atoms with Crippen LogP contribution in [0.2, 0.25) is 0 Å². The molecule has 0 saturated carbocycles. The van der Waals surface area contributed by atoms with Gasteiger partial charge in [0.1, 0.15) is 11.5 Å². The SMILES string of the molecule is COc1ccc(C)cc1NC(=O)COC(=O)COc1ccccc1C(C)C. The molecule has 0 unspecified atom stereocenters. The Morgan fingerprint density at radius 3 is 2.48 bits per heavy atom. The van der Waals surface area contributed by atoms with Crippen LogP contribution in [0.5, 0.6) is 11.5 Å². The maximum Gasteiger partial charge on any atom is 0.344 e. The first-order valence-electron chi connectivity index (χ1n) is 8.72. The number of rotatable bonds is 8. The molecule has 6 heteroatoms. The van der Waals surface area contributed by atoms with Gasteiger partial charge < -0.3 is 19.5 Å². The lowest BCUT2D eigenvalue weighted by atomic mass is 10.0. The second kappa shape index (κ2) is 9.62. The van der Waals surface area contributed by atoms with Crippen LogP contribution >= 0.6 is 0 Å². The quantitative estimate of drug-likeness (QED) is 0.717. The average Bonchev–Trinajstić information content (AvgIpc) is 2.65. The molecule has 0 aliphatic heterocycles. The minimum Gasteiger partial charge on any atom is -0.495 e. The summed E-state index contributed by atoms with van der Waals surface area (Å²) in [5, 5.41) is 2.67. The summed E-state index contributed by atoms with van der Waals surface area (Å²) in [4.78, 5) is 23.9. The number of ether oxygens (including phenoxy) is 3. The third-order valence-corrected chi connectivity index (χ3v) is 3.88. The van der Waals surface area contributed by atoms with Gasteiger partial charge in [-0.1, -0.05) is 38.1 Å². The monoisotopic (exact) mass is 371 g/mol. The van der Waals surface area contributed by atoms with Crippen molar-refractivity contribution in [1.82, 2.24) is 0 Å². The number of amides is 1. The van der Waals surface area contributed by atoms with Crippen LogP contribution in [-0.4, -0.2) is 32.2 Å². The summed E-state index contributed by atoms with van der Waals surface area (Å²) in [6, 6.07) is 12.9.